The van der Waals surface area contributed by atoms with Crippen molar-refractivity contribution in [1.82, 2.24) is 0 Å². The molecule has 12 heavy (non-hydrogen) atoms. The summed E-state index contributed by atoms with van der Waals surface area (Å²) in [7, 11) is 2.93. The summed E-state index contributed by atoms with van der Waals surface area (Å²) in [6, 6.07) is 0. The van der Waals surface area contributed by atoms with Crippen LogP contribution in [0.15, 0.2) is 0 Å². The zero-order chi connectivity index (χ0) is 9.40. The topological polar surface area (TPSA) is 77.8 Å². The van der Waals surface area contributed by atoms with Crippen molar-refractivity contribution in [1.29, 1.82) is 0 Å². The van der Waals surface area contributed by atoms with Gasteiger partial charge in [-0.2, -0.15) is 0 Å². The third-order valence-corrected chi connectivity index (χ3v) is 3.44. The summed E-state index contributed by atoms with van der Waals surface area (Å²) in [5.41, 5.74) is 0. The van der Waals surface area contributed by atoms with Gasteiger partial charge in [0.1, 0.15) is 0 Å². The van der Waals surface area contributed by atoms with Crippen molar-refractivity contribution in [2.24, 2.45) is 0 Å². The van der Waals surface area contributed by atoms with Gasteiger partial charge < -0.3 is 15.3 Å². The van der Waals surface area contributed by atoms with Crippen molar-refractivity contribution in [2.45, 2.75) is 12.5 Å². The quantitative estimate of drug-likeness (QED) is 0.413. The fourth-order valence-corrected chi connectivity index (χ4v) is 2.29. The molecule has 3 N–H and O–H groups in total. The lowest BCUT2D eigenvalue weighted by Gasteiger charge is -2.03. The Hall–Kier alpha value is 0.0900. The Bertz CT molecular complexity index is 131. The summed E-state index contributed by atoms with van der Waals surface area (Å²) in [6.45, 7) is 0.124. The molecular weight excluding hydrogens is 200 g/mol. The zero-order valence-electron chi connectivity index (χ0n) is 6.47. The summed E-state index contributed by atoms with van der Waals surface area (Å²) >= 11 is 0. The monoisotopic (exact) mass is 212 g/mol. The molecule has 0 radical (unpaired) electrons. The summed E-state index contributed by atoms with van der Waals surface area (Å²) < 4.78 is 0. The minimum Gasteiger partial charge on any atom is -0.479 e. The zero-order valence-corrected chi connectivity index (χ0v) is 8.11. The van der Waals surface area contributed by atoms with Crippen LogP contribution in [0.1, 0.15) is 6.42 Å². The van der Waals surface area contributed by atoms with E-state index < -0.39 is 12.1 Å². The molecule has 4 nitrogen and oxygen atoms in total. The van der Waals surface area contributed by atoms with Gasteiger partial charge in [-0.3, -0.25) is 0 Å². The summed E-state index contributed by atoms with van der Waals surface area (Å²) in [5.74, 6) is 0.0363. The Morgan fingerprint density at radius 2 is 1.92 bits per heavy atom. The number of hydrogen-bond acceptors (Lipinski definition) is 5. The molecule has 1 unspecified atom stereocenters. The van der Waals surface area contributed by atoms with E-state index >= 15 is 0 Å². The molecule has 0 aliphatic heterocycles. The van der Waals surface area contributed by atoms with E-state index in [1.54, 1.807) is 0 Å². The first-order valence-electron chi connectivity index (χ1n) is 3.44. The van der Waals surface area contributed by atoms with Crippen molar-refractivity contribution in [3.8, 4) is 0 Å². The first-order valence-corrected chi connectivity index (χ1v) is 5.93. The standard InChI is InChI=1S/C6H12O4S2/c7-2-4-12-11-3-1-5(8)6(9)10/h5,7-8H,1-4H2,(H,9,10). The first kappa shape index (κ1) is 12.1. The van der Waals surface area contributed by atoms with E-state index in [9.17, 15) is 4.79 Å². The smallest absolute Gasteiger partial charge is 0.332 e. The molecule has 0 saturated heterocycles. The maximum absolute atomic E-state index is 10.1. The third kappa shape index (κ3) is 6.78. The van der Waals surface area contributed by atoms with Crippen LogP contribution in [0.4, 0.5) is 0 Å². The van der Waals surface area contributed by atoms with E-state index in [4.69, 9.17) is 15.3 Å². The number of rotatable bonds is 7. The molecule has 0 heterocycles. The maximum Gasteiger partial charge on any atom is 0.332 e. The van der Waals surface area contributed by atoms with E-state index in [0.29, 0.717) is 11.5 Å². The molecule has 0 saturated carbocycles. The minimum absolute atomic E-state index is 0.124. The average Bonchev–Trinajstić information content (AvgIpc) is 2.03. The highest BCUT2D eigenvalue weighted by Gasteiger charge is 2.11. The first-order chi connectivity index (χ1) is 5.68. The second-order valence-corrected chi connectivity index (χ2v) is 4.71. The van der Waals surface area contributed by atoms with Crippen molar-refractivity contribution in [3.05, 3.63) is 0 Å². The van der Waals surface area contributed by atoms with Gasteiger partial charge in [-0.25, -0.2) is 4.79 Å². The van der Waals surface area contributed by atoms with Crippen LogP contribution in [-0.4, -0.2) is 45.5 Å². The fraction of sp³-hybridized carbons (Fsp3) is 0.833. The lowest BCUT2D eigenvalue weighted by molar-refractivity contribution is -0.146. The van der Waals surface area contributed by atoms with Gasteiger partial charge in [-0.15, -0.1) is 0 Å². The van der Waals surface area contributed by atoms with Crippen LogP contribution in [0.25, 0.3) is 0 Å². The Morgan fingerprint density at radius 1 is 1.33 bits per heavy atom. The van der Waals surface area contributed by atoms with E-state index in [1.807, 2.05) is 0 Å². The molecule has 0 rings (SSSR count). The molecule has 0 aromatic carbocycles. The molecule has 6 heteroatoms. The number of carbonyl (C=O) groups is 1. The van der Waals surface area contributed by atoms with Gasteiger partial charge in [-0.1, -0.05) is 21.6 Å². The SMILES string of the molecule is O=C(O)C(O)CCSSCCO. The molecule has 0 bridgehead atoms. The van der Waals surface area contributed by atoms with Gasteiger partial charge in [0.15, 0.2) is 6.10 Å². The van der Waals surface area contributed by atoms with Crippen LogP contribution < -0.4 is 0 Å². The van der Waals surface area contributed by atoms with Gasteiger partial charge >= 0.3 is 5.97 Å². The highest BCUT2D eigenvalue weighted by atomic mass is 33.1. The van der Waals surface area contributed by atoms with Crippen LogP contribution in [-0.2, 0) is 4.79 Å². The largest absolute Gasteiger partial charge is 0.479 e. The molecule has 0 aromatic rings. The maximum atomic E-state index is 10.1. The van der Waals surface area contributed by atoms with Crippen molar-refractivity contribution < 1.29 is 20.1 Å². The van der Waals surface area contributed by atoms with Crippen molar-refractivity contribution in [2.75, 3.05) is 18.1 Å². The number of aliphatic hydroxyl groups is 2. The Balaban J connectivity index is 3.14. The predicted molar refractivity (Wildman–Crippen MR) is 50.3 cm³/mol. The van der Waals surface area contributed by atoms with Gasteiger partial charge in [0.25, 0.3) is 0 Å². The molecule has 72 valence electrons. The molecule has 1 atom stereocenters. The van der Waals surface area contributed by atoms with Gasteiger partial charge in [0.05, 0.1) is 6.61 Å². The second-order valence-electron chi connectivity index (χ2n) is 2.01. The van der Waals surface area contributed by atoms with E-state index in [1.165, 1.54) is 21.6 Å². The van der Waals surface area contributed by atoms with Crippen LogP contribution in [0, 0.1) is 0 Å². The van der Waals surface area contributed by atoms with Crippen LogP contribution in [0.5, 0.6) is 0 Å². The fourth-order valence-electron chi connectivity index (χ4n) is 0.438. The van der Waals surface area contributed by atoms with E-state index in [-0.39, 0.29) is 13.0 Å². The molecule has 0 amide bonds. The minimum atomic E-state index is -1.26. The van der Waals surface area contributed by atoms with Crippen molar-refractivity contribution in [3.63, 3.8) is 0 Å². The van der Waals surface area contributed by atoms with Crippen LogP contribution in [0.3, 0.4) is 0 Å². The highest BCUT2D eigenvalue weighted by Crippen LogP contribution is 2.21. The summed E-state index contributed by atoms with van der Waals surface area (Å²) in [5, 5.41) is 25.5. The van der Waals surface area contributed by atoms with Crippen molar-refractivity contribution >= 4 is 27.6 Å². The lowest BCUT2D eigenvalue weighted by atomic mass is 10.3. The number of carboxylic acid groups (broad SMARTS) is 1. The Morgan fingerprint density at radius 3 is 2.42 bits per heavy atom. The van der Waals surface area contributed by atoms with E-state index in [0.717, 1.165) is 0 Å². The summed E-state index contributed by atoms with van der Waals surface area (Å²) in [6.07, 6.45) is -1.01. The van der Waals surface area contributed by atoms with Crippen LogP contribution in [0.2, 0.25) is 0 Å². The number of aliphatic carboxylic acids is 1. The third-order valence-electron chi connectivity index (χ3n) is 1.02. The van der Waals surface area contributed by atoms with Gasteiger partial charge in [-0.05, 0) is 6.42 Å². The molecular formula is C6H12O4S2. The molecule has 0 aliphatic rings. The Kier molecular flexibility index (Phi) is 7.78. The Labute approximate surface area is 78.8 Å². The van der Waals surface area contributed by atoms with Gasteiger partial charge in [0, 0.05) is 11.5 Å². The molecule has 0 fully saturated rings. The molecule has 0 aromatic heterocycles. The van der Waals surface area contributed by atoms with E-state index in [2.05, 4.69) is 0 Å². The predicted octanol–water partition coefficient (Wildman–Crippen LogP) is 0.196. The molecule has 0 aliphatic carbocycles. The number of hydrogen-bond donors (Lipinski definition) is 3. The molecule has 0 spiro atoms. The van der Waals surface area contributed by atoms with Crippen LogP contribution >= 0.6 is 21.6 Å². The average molecular weight is 212 g/mol. The lowest BCUT2D eigenvalue weighted by Crippen LogP contribution is -2.19. The van der Waals surface area contributed by atoms with Gasteiger partial charge in [0.2, 0.25) is 0 Å². The highest BCUT2D eigenvalue weighted by molar-refractivity contribution is 8.76. The normalized spacial score (nSPS) is 12.8. The number of carboxylic acids is 1. The second kappa shape index (κ2) is 7.72. The summed E-state index contributed by atoms with van der Waals surface area (Å²) in [4.78, 5) is 10.1. The number of aliphatic hydroxyl groups excluding tert-OH is 2.